The van der Waals surface area contributed by atoms with Gasteiger partial charge in [0.1, 0.15) is 12.4 Å². The van der Waals surface area contributed by atoms with E-state index in [4.69, 9.17) is 25.8 Å². The minimum atomic E-state index is -0.197. The minimum absolute atomic E-state index is 0.197. The van der Waals surface area contributed by atoms with Crippen LogP contribution in [0.15, 0.2) is 66.7 Å². The minimum Gasteiger partial charge on any atom is -0.493 e. The van der Waals surface area contributed by atoms with Gasteiger partial charge in [0.15, 0.2) is 11.5 Å². The fourth-order valence-corrected chi connectivity index (χ4v) is 3.95. The van der Waals surface area contributed by atoms with Crippen molar-refractivity contribution in [3.05, 3.63) is 99.8 Å². The molecule has 0 aliphatic carbocycles. The van der Waals surface area contributed by atoms with Crippen LogP contribution < -0.4 is 19.5 Å². The molecular formula is C28H28ClN3O4. The lowest BCUT2D eigenvalue weighted by Crippen LogP contribution is -2.13. The Labute approximate surface area is 215 Å². The van der Waals surface area contributed by atoms with Gasteiger partial charge in [-0.05, 0) is 73.5 Å². The van der Waals surface area contributed by atoms with Crippen molar-refractivity contribution in [2.24, 2.45) is 0 Å². The van der Waals surface area contributed by atoms with Crippen molar-refractivity contribution in [1.29, 1.82) is 0 Å². The van der Waals surface area contributed by atoms with Gasteiger partial charge in [-0.2, -0.15) is 5.10 Å². The second kappa shape index (κ2) is 11.2. The Morgan fingerprint density at radius 2 is 1.58 bits per heavy atom. The first kappa shape index (κ1) is 25.1. The van der Waals surface area contributed by atoms with Gasteiger partial charge in [0.2, 0.25) is 0 Å². The van der Waals surface area contributed by atoms with Crippen LogP contribution in [0.3, 0.4) is 0 Å². The highest BCUT2D eigenvalue weighted by Gasteiger charge is 2.16. The standard InChI is InChI=1S/C28H28ClN3O4/c1-18-27(19(2)32(31-18)16-21-7-14-25(34-3)26(15-21)35-4)30-28(33)22-8-5-20(6-9-22)17-36-24-12-10-23(29)11-13-24/h5-15H,16-17H2,1-4H3,(H,30,33). The zero-order valence-corrected chi connectivity index (χ0v) is 21.4. The van der Waals surface area contributed by atoms with E-state index in [0.717, 1.165) is 28.3 Å². The summed E-state index contributed by atoms with van der Waals surface area (Å²) in [5.41, 5.74) is 4.83. The number of halogens is 1. The second-order valence-electron chi connectivity index (χ2n) is 8.29. The van der Waals surface area contributed by atoms with Crippen LogP contribution in [-0.2, 0) is 13.2 Å². The first-order chi connectivity index (χ1) is 17.4. The fourth-order valence-electron chi connectivity index (χ4n) is 3.82. The summed E-state index contributed by atoms with van der Waals surface area (Å²) in [4.78, 5) is 12.9. The number of hydrogen-bond donors (Lipinski definition) is 1. The highest BCUT2D eigenvalue weighted by Crippen LogP contribution is 2.29. The number of rotatable bonds is 9. The topological polar surface area (TPSA) is 74.6 Å². The van der Waals surface area contributed by atoms with Gasteiger partial charge in [-0.3, -0.25) is 9.48 Å². The molecule has 0 spiro atoms. The Morgan fingerprint density at radius 3 is 2.25 bits per heavy atom. The summed E-state index contributed by atoms with van der Waals surface area (Å²) in [6.45, 7) is 4.74. The van der Waals surface area contributed by atoms with Crippen molar-refractivity contribution in [3.8, 4) is 17.2 Å². The summed E-state index contributed by atoms with van der Waals surface area (Å²) in [5.74, 6) is 1.87. The molecule has 0 unspecified atom stereocenters. The smallest absolute Gasteiger partial charge is 0.255 e. The molecule has 0 atom stereocenters. The molecule has 1 amide bonds. The van der Waals surface area contributed by atoms with Crippen LogP contribution in [0.5, 0.6) is 17.2 Å². The molecule has 0 saturated carbocycles. The Bertz CT molecular complexity index is 1350. The lowest BCUT2D eigenvalue weighted by atomic mass is 10.1. The molecule has 3 aromatic carbocycles. The zero-order chi connectivity index (χ0) is 25.7. The number of nitrogens with one attached hydrogen (secondary N) is 1. The molecule has 0 aliphatic heterocycles. The molecule has 0 fully saturated rings. The van der Waals surface area contributed by atoms with Gasteiger partial charge in [-0.15, -0.1) is 0 Å². The van der Waals surface area contributed by atoms with Crippen molar-refractivity contribution in [1.82, 2.24) is 9.78 Å². The van der Waals surface area contributed by atoms with E-state index in [9.17, 15) is 4.79 Å². The highest BCUT2D eigenvalue weighted by atomic mass is 35.5. The van der Waals surface area contributed by atoms with Gasteiger partial charge >= 0.3 is 0 Å². The third kappa shape index (κ3) is 5.80. The Balaban J connectivity index is 1.41. The number of methoxy groups -OCH3 is 2. The number of anilines is 1. The summed E-state index contributed by atoms with van der Waals surface area (Å²) in [7, 11) is 3.22. The summed E-state index contributed by atoms with van der Waals surface area (Å²) in [6, 6.07) is 20.3. The summed E-state index contributed by atoms with van der Waals surface area (Å²) in [5, 5.41) is 8.30. The number of ether oxygens (including phenoxy) is 3. The van der Waals surface area contributed by atoms with Crippen LogP contribution in [0.1, 0.15) is 32.9 Å². The predicted octanol–water partition coefficient (Wildman–Crippen LogP) is 6.05. The average molecular weight is 506 g/mol. The Kier molecular flexibility index (Phi) is 7.80. The first-order valence-electron chi connectivity index (χ1n) is 11.4. The van der Waals surface area contributed by atoms with Crippen molar-refractivity contribution in [2.45, 2.75) is 27.0 Å². The largest absolute Gasteiger partial charge is 0.493 e. The molecule has 0 saturated heterocycles. The van der Waals surface area contributed by atoms with E-state index in [1.165, 1.54) is 0 Å². The van der Waals surface area contributed by atoms with Gasteiger partial charge < -0.3 is 19.5 Å². The predicted molar refractivity (Wildman–Crippen MR) is 141 cm³/mol. The Morgan fingerprint density at radius 1 is 0.917 bits per heavy atom. The monoisotopic (exact) mass is 505 g/mol. The summed E-state index contributed by atoms with van der Waals surface area (Å²) >= 11 is 5.90. The molecule has 4 aromatic rings. The average Bonchev–Trinajstić information content (AvgIpc) is 3.15. The van der Waals surface area contributed by atoms with Crippen molar-refractivity contribution >= 4 is 23.2 Å². The van der Waals surface area contributed by atoms with E-state index >= 15 is 0 Å². The maximum atomic E-state index is 12.9. The van der Waals surface area contributed by atoms with Gasteiger partial charge in [-0.1, -0.05) is 29.8 Å². The molecule has 0 aliphatic rings. The van der Waals surface area contributed by atoms with Gasteiger partial charge in [0, 0.05) is 10.6 Å². The molecular weight excluding hydrogens is 478 g/mol. The molecule has 1 aromatic heterocycles. The van der Waals surface area contributed by atoms with Crippen LogP contribution in [-0.4, -0.2) is 29.9 Å². The third-order valence-electron chi connectivity index (χ3n) is 5.84. The van der Waals surface area contributed by atoms with Gasteiger partial charge in [-0.25, -0.2) is 0 Å². The quantitative estimate of drug-likeness (QED) is 0.300. The van der Waals surface area contributed by atoms with Crippen molar-refractivity contribution in [2.75, 3.05) is 19.5 Å². The first-order valence-corrected chi connectivity index (χ1v) is 11.8. The molecule has 36 heavy (non-hydrogen) atoms. The number of amides is 1. The van der Waals surface area contributed by atoms with Gasteiger partial charge in [0.25, 0.3) is 5.91 Å². The number of nitrogens with zero attached hydrogens (tertiary/aromatic N) is 2. The van der Waals surface area contributed by atoms with Crippen molar-refractivity contribution in [3.63, 3.8) is 0 Å². The third-order valence-corrected chi connectivity index (χ3v) is 6.09. The van der Waals surface area contributed by atoms with Crippen LogP contribution in [0.25, 0.3) is 0 Å². The van der Waals surface area contributed by atoms with E-state index in [1.54, 1.807) is 38.5 Å². The SMILES string of the molecule is COc1ccc(Cn2nc(C)c(NC(=O)c3ccc(COc4ccc(Cl)cc4)cc3)c2C)cc1OC. The second-order valence-corrected chi connectivity index (χ2v) is 8.72. The van der Waals surface area contributed by atoms with E-state index in [-0.39, 0.29) is 5.91 Å². The molecule has 186 valence electrons. The molecule has 0 bridgehead atoms. The van der Waals surface area contributed by atoms with Crippen LogP contribution in [0.4, 0.5) is 5.69 Å². The van der Waals surface area contributed by atoms with Gasteiger partial charge in [0.05, 0.1) is 37.8 Å². The molecule has 8 heteroatoms. The number of hydrogen-bond acceptors (Lipinski definition) is 5. The zero-order valence-electron chi connectivity index (χ0n) is 20.7. The summed E-state index contributed by atoms with van der Waals surface area (Å²) in [6.07, 6.45) is 0. The van der Waals surface area contributed by atoms with Crippen LogP contribution >= 0.6 is 11.6 Å². The number of benzene rings is 3. The van der Waals surface area contributed by atoms with E-state index in [1.807, 2.05) is 61.0 Å². The Hall–Kier alpha value is -3.97. The lowest BCUT2D eigenvalue weighted by Gasteiger charge is -2.11. The molecule has 1 heterocycles. The molecule has 4 rings (SSSR count). The molecule has 7 nitrogen and oxygen atoms in total. The van der Waals surface area contributed by atoms with Crippen LogP contribution in [0, 0.1) is 13.8 Å². The van der Waals surface area contributed by atoms with E-state index < -0.39 is 0 Å². The number of carbonyl (C=O) groups is 1. The lowest BCUT2D eigenvalue weighted by molar-refractivity contribution is 0.102. The molecule has 0 radical (unpaired) electrons. The maximum Gasteiger partial charge on any atom is 0.255 e. The van der Waals surface area contributed by atoms with E-state index in [2.05, 4.69) is 10.4 Å². The number of aromatic nitrogens is 2. The molecule has 1 N–H and O–H groups in total. The van der Waals surface area contributed by atoms with Crippen LogP contribution in [0.2, 0.25) is 5.02 Å². The normalized spacial score (nSPS) is 10.7. The van der Waals surface area contributed by atoms with Crippen molar-refractivity contribution < 1.29 is 19.0 Å². The fraction of sp³-hybridized carbons (Fsp3) is 0.214. The number of carbonyl (C=O) groups excluding carboxylic acids is 1. The maximum absolute atomic E-state index is 12.9. The van der Waals surface area contributed by atoms with E-state index in [0.29, 0.717) is 40.9 Å². The highest BCUT2D eigenvalue weighted by molar-refractivity contribution is 6.30. The number of aryl methyl sites for hydroxylation is 1. The summed E-state index contributed by atoms with van der Waals surface area (Å²) < 4.78 is 18.3.